The molecule has 0 unspecified atom stereocenters. The van der Waals surface area contributed by atoms with Gasteiger partial charge in [0, 0.05) is 6.42 Å². The van der Waals surface area contributed by atoms with Crippen molar-refractivity contribution in [3.8, 4) is 0 Å². The van der Waals surface area contributed by atoms with Crippen LogP contribution in [-0.2, 0) is 9.53 Å². The van der Waals surface area contributed by atoms with Gasteiger partial charge in [-0.05, 0) is 18.6 Å². The van der Waals surface area contributed by atoms with Gasteiger partial charge in [0.05, 0.1) is 5.56 Å². The summed E-state index contributed by atoms with van der Waals surface area (Å²) in [4.78, 5) is 23.4. The molecule has 3 heteroatoms. The molecular formula is C21H32O3. The van der Waals surface area contributed by atoms with Crippen molar-refractivity contribution < 1.29 is 14.3 Å². The van der Waals surface area contributed by atoms with Gasteiger partial charge in [-0.25, -0.2) is 4.79 Å². The van der Waals surface area contributed by atoms with Crippen LogP contribution < -0.4 is 0 Å². The van der Waals surface area contributed by atoms with E-state index in [1.165, 1.54) is 51.4 Å². The van der Waals surface area contributed by atoms with E-state index in [1.54, 1.807) is 24.3 Å². The van der Waals surface area contributed by atoms with Crippen molar-refractivity contribution in [1.29, 1.82) is 0 Å². The summed E-state index contributed by atoms with van der Waals surface area (Å²) in [6, 6.07) is 8.63. The molecule has 0 atom stereocenters. The van der Waals surface area contributed by atoms with Crippen LogP contribution in [0.2, 0.25) is 0 Å². The number of ether oxygens (including phenoxy) is 1. The summed E-state index contributed by atoms with van der Waals surface area (Å²) in [5.41, 5.74) is 0.421. The summed E-state index contributed by atoms with van der Waals surface area (Å²) in [6.07, 6.45) is 14.0. The van der Waals surface area contributed by atoms with Gasteiger partial charge in [0.2, 0.25) is 0 Å². The van der Waals surface area contributed by atoms with Crippen molar-refractivity contribution in [3.05, 3.63) is 35.9 Å². The highest BCUT2D eigenvalue weighted by Crippen LogP contribution is 2.12. The zero-order valence-corrected chi connectivity index (χ0v) is 15.1. The van der Waals surface area contributed by atoms with E-state index in [0.29, 0.717) is 12.0 Å². The van der Waals surface area contributed by atoms with Gasteiger partial charge >= 0.3 is 11.9 Å². The van der Waals surface area contributed by atoms with Crippen LogP contribution in [0.15, 0.2) is 30.3 Å². The van der Waals surface area contributed by atoms with E-state index in [9.17, 15) is 9.59 Å². The first-order valence-electron chi connectivity index (χ1n) is 9.54. The first-order valence-corrected chi connectivity index (χ1v) is 9.54. The lowest BCUT2D eigenvalue weighted by Crippen LogP contribution is -2.12. The minimum Gasteiger partial charge on any atom is -0.389 e. The van der Waals surface area contributed by atoms with Gasteiger partial charge in [-0.2, -0.15) is 0 Å². The molecule has 3 nitrogen and oxygen atoms in total. The number of benzene rings is 1. The summed E-state index contributed by atoms with van der Waals surface area (Å²) >= 11 is 0. The third kappa shape index (κ3) is 10.2. The number of esters is 2. The quantitative estimate of drug-likeness (QED) is 0.250. The van der Waals surface area contributed by atoms with Crippen molar-refractivity contribution in [2.45, 2.75) is 84.0 Å². The maximum atomic E-state index is 11.7. The Morgan fingerprint density at radius 1 is 0.750 bits per heavy atom. The third-order valence-electron chi connectivity index (χ3n) is 4.20. The van der Waals surface area contributed by atoms with E-state index in [-0.39, 0.29) is 0 Å². The molecule has 0 bridgehead atoms. The molecule has 0 radical (unpaired) electrons. The fraction of sp³-hybridized carbons (Fsp3) is 0.619. The number of hydrogen-bond donors (Lipinski definition) is 0. The second-order valence-corrected chi connectivity index (χ2v) is 6.41. The molecule has 1 rings (SSSR count). The molecule has 0 aliphatic heterocycles. The van der Waals surface area contributed by atoms with Crippen LogP contribution in [0.1, 0.15) is 94.3 Å². The van der Waals surface area contributed by atoms with Gasteiger partial charge in [0.15, 0.2) is 0 Å². The molecule has 1 aromatic carbocycles. The van der Waals surface area contributed by atoms with Crippen molar-refractivity contribution in [2.24, 2.45) is 0 Å². The van der Waals surface area contributed by atoms with Crippen LogP contribution >= 0.6 is 0 Å². The highest BCUT2D eigenvalue weighted by atomic mass is 16.6. The smallest absolute Gasteiger partial charge is 0.345 e. The maximum Gasteiger partial charge on any atom is 0.345 e. The van der Waals surface area contributed by atoms with Gasteiger partial charge < -0.3 is 4.74 Å². The Labute approximate surface area is 146 Å². The predicted molar refractivity (Wildman–Crippen MR) is 97.9 cm³/mol. The molecule has 0 aliphatic carbocycles. The maximum absolute atomic E-state index is 11.7. The van der Waals surface area contributed by atoms with Crippen molar-refractivity contribution in [3.63, 3.8) is 0 Å². The van der Waals surface area contributed by atoms with Crippen LogP contribution in [0, 0.1) is 0 Å². The highest BCUT2D eigenvalue weighted by molar-refractivity contribution is 5.96. The average molecular weight is 332 g/mol. The zero-order valence-electron chi connectivity index (χ0n) is 15.1. The lowest BCUT2D eigenvalue weighted by Gasteiger charge is -2.04. The molecule has 24 heavy (non-hydrogen) atoms. The molecule has 0 amide bonds. The van der Waals surface area contributed by atoms with Crippen LogP contribution in [0.5, 0.6) is 0 Å². The average Bonchev–Trinajstić information content (AvgIpc) is 2.60. The molecule has 0 spiro atoms. The molecule has 0 fully saturated rings. The summed E-state index contributed by atoms with van der Waals surface area (Å²) in [7, 11) is 0. The Morgan fingerprint density at radius 3 is 1.79 bits per heavy atom. The van der Waals surface area contributed by atoms with Crippen molar-refractivity contribution in [1.82, 2.24) is 0 Å². The van der Waals surface area contributed by atoms with Gasteiger partial charge in [-0.15, -0.1) is 0 Å². The number of unbranched alkanes of at least 4 members (excludes halogenated alkanes) is 10. The second kappa shape index (κ2) is 13.8. The Kier molecular flexibility index (Phi) is 11.7. The fourth-order valence-corrected chi connectivity index (χ4v) is 2.72. The van der Waals surface area contributed by atoms with Gasteiger partial charge in [-0.1, -0.05) is 89.3 Å². The molecule has 134 valence electrons. The lowest BCUT2D eigenvalue weighted by molar-refractivity contribution is -0.138. The first-order chi connectivity index (χ1) is 11.7. The van der Waals surface area contributed by atoms with E-state index in [1.807, 2.05) is 6.07 Å². The summed E-state index contributed by atoms with van der Waals surface area (Å²) in [6.45, 7) is 2.24. The Bertz CT molecular complexity index is 453. The molecule has 0 aromatic heterocycles. The number of carbonyl (C=O) groups excluding carboxylic acids is 2. The minimum atomic E-state index is -0.552. The zero-order chi connectivity index (χ0) is 17.5. The molecule has 0 heterocycles. The van der Waals surface area contributed by atoms with Crippen molar-refractivity contribution >= 4 is 11.9 Å². The molecular weight excluding hydrogens is 300 g/mol. The van der Waals surface area contributed by atoms with Crippen LogP contribution in [0.25, 0.3) is 0 Å². The Balaban J connectivity index is 1.94. The standard InChI is InChI=1S/C21H32O3/c1-2-3-4-5-6-7-8-9-10-11-15-18-20(22)24-21(23)19-16-13-12-14-17-19/h12-14,16-17H,2-11,15,18H2,1H3. The molecule has 0 saturated carbocycles. The van der Waals surface area contributed by atoms with E-state index >= 15 is 0 Å². The third-order valence-corrected chi connectivity index (χ3v) is 4.20. The second-order valence-electron chi connectivity index (χ2n) is 6.41. The summed E-state index contributed by atoms with van der Waals surface area (Å²) < 4.78 is 4.85. The highest BCUT2D eigenvalue weighted by Gasteiger charge is 2.11. The minimum absolute atomic E-state index is 0.329. The summed E-state index contributed by atoms with van der Waals surface area (Å²) in [5.74, 6) is -0.969. The lowest BCUT2D eigenvalue weighted by atomic mass is 10.1. The van der Waals surface area contributed by atoms with E-state index in [4.69, 9.17) is 4.74 Å². The first kappa shape index (κ1) is 20.4. The number of hydrogen-bond acceptors (Lipinski definition) is 3. The van der Waals surface area contributed by atoms with Crippen molar-refractivity contribution in [2.75, 3.05) is 0 Å². The van der Waals surface area contributed by atoms with Gasteiger partial charge in [0.1, 0.15) is 0 Å². The normalized spacial score (nSPS) is 10.5. The van der Waals surface area contributed by atoms with Crippen LogP contribution in [-0.4, -0.2) is 11.9 Å². The molecule has 1 aromatic rings. The SMILES string of the molecule is CCCCCCCCCCCCCC(=O)OC(=O)c1ccccc1. The van der Waals surface area contributed by atoms with E-state index in [2.05, 4.69) is 6.92 Å². The summed E-state index contributed by atoms with van der Waals surface area (Å²) in [5, 5.41) is 0. The number of carbonyl (C=O) groups is 2. The molecule has 0 N–H and O–H groups in total. The largest absolute Gasteiger partial charge is 0.389 e. The van der Waals surface area contributed by atoms with Gasteiger partial charge in [-0.3, -0.25) is 4.79 Å². The van der Waals surface area contributed by atoms with Crippen LogP contribution in [0.3, 0.4) is 0 Å². The van der Waals surface area contributed by atoms with E-state index in [0.717, 1.165) is 19.3 Å². The predicted octanol–water partition coefficient (Wildman–Crippen LogP) is 6.07. The Hall–Kier alpha value is -1.64. The van der Waals surface area contributed by atoms with Gasteiger partial charge in [0.25, 0.3) is 0 Å². The fourth-order valence-electron chi connectivity index (χ4n) is 2.72. The van der Waals surface area contributed by atoms with E-state index < -0.39 is 11.9 Å². The monoisotopic (exact) mass is 332 g/mol. The Morgan fingerprint density at radius 2 is 1.25 bits per heavy atom. The van der Waals surface area contributed by atoms with Crippen LogP contribution in [0.4, 0.5) is 0 Å². The molecule has 0 saturated heterocycles. The number of rotatable bonds is 13. The topological polar surface area (TPSA) is 43.4 Å². The molecule has 0 aliphatic rings.